The van der Waals surface area contributed by atoms with Gasteiger partial charge in [0.1, 0.15) is 5.75 Å². The van der Waals surface area contributed by atoms with E-state index in [-0.39, 0.29) is 17.9 Å². The van der Waals surface area contributed by atoms with Crippen LogP contribution in [-0.2, 0) is 4.79 Å². The van der Waals surface area contributed by atoms with E-state index in [0.717, 1.165) is 4.47 Å². The van der Waals surface area contributed by atoms with E-state index >= 15 is 0 Å². The van der Waals surface area contributed by atoms with Crippen molar-refractivity contribution in [2.45, 2.75) is 40.2 Å². The van der Waals surface area contributed by atoms with Crippen LogP contribution in [-0.4, -0.2) is 17.9 Å². The SMILES string of the molecule is CC(C)CC(=O)Nc1ccc(NC(=O)c2cc(Br)ccc2OC(C)C)cc1. The highest BCUT2D eigenvalue weighted by molar-refractivity contribution is 9.10. The molecule has 0 saturated heterocycles. The van der Waals surface area contributed by atoms with Crippen molar-refractivity contribution in [3.63, 3.8) is 0 Å². The van der Waals surface area contributed by atoms with E-state index in [1.54, 1.807) is 36.4 Å². The smallest absolute Gasteiger partial charge is 0.259 e. The fourth-order valence-electron chi connectivity index (χ4n) is 2.45. The van der Waals surface area contributed by atoms with Gasteiger partial charge in [0.25, 0.3) is 5.91 Å². The molecule has 6 heteroatoms. The monoisotopic (exact) mass is 432 g/mol. The van der Waals surface area contributed by atoms with Gasteiger partial charge in [-0.2, -0.15) is 0 Å². The summed E-state index contributed by atoms with van der Waals surface area (Å²) in [7, 11) is 0. The lowest BCUT2D eigenvalue weighted by Crippen LogP contribution is -2.16. The summed E-state index contributed by atoms with van der Waals surface area (Å²) < 4.78 is 6.52. The Morgan fingerprint density at radius 2 is 1.56 bits per heavy atom. The van der Waals surface area contributed by atoms with Gasteiger partial charge in [-0.25, -0.2) is 0 Å². The first-order valence-electron chi connectivity index (χ1n) is 8.92. The van der Waals surface area contributed by atoms with Gasteiger partial charge in [-0.15, -0.1) is 0 Å². The van der Waals surface area contributed by atoms with E-state index < -0.39 is 0 Å². The Morgan fingerprint density at radius 3 is 2.11 bits per heavy atom. The van der Waals surface area contributed by atoms with Crippen molar-refractivity contribution in [1.29, 1.82) is 0 Å². The number of amides is 2. The van der Waals surface area contributed by atoms with Crippen molar-refractivity contribution < 1.29 is 14.3 Å². The zero-order valence-corrected chi connectivity index (χ0v) is 17.6. The number of hydrogen-bond acceptors (Lipinski definition) is 3. The number of halogens is 1. The number of carbonyl (C=O) groups excluding carboxylic acids is 2. The Morgan fingerprint density at radius 1 is 0.963 bits per heavy atom. The van der Waals surface area contributed by atoms with Crippen molar-refractivity contribution >= 4 is 39.1 Å². The molecule has 0 aliphatic rings. The molecule has 0 unspecified atom stereocenters. The van der Waals surface area contributed by atoms with Gasteiger partial charge in [0.2, 0.25) is 5.91 Å². The summed E-state index contributed by atoms with van der Waals surface area (Å²) in [5.41, 5.74) is 1.79. The number of rotatable bonds is 7. The largest absolute Gasteiger partial charge is 0.490 e. The van der Waals surface area contributed by atoms with Crippen LogP contribution < -0.4 is 15.4 Å². The molecule has 2 N–H and O–H groups in total. The normalized spacial score (nSPS) is 10.8. The molecule has 144 valence electrons. The highest BCUT2D eigenvalue weighted by Crippen LogP contribution is 2.25. The number of carbonyl (C=O) groups is 2. The lowest BCUT2D eigenvalue weighted by Gasteiger charge is -2.15. The maximum absolute atomic E-state index is 12.7. The average molecular weight is 433 g/mol. The van der Waals surface area contributed by atoms with Crippen LogP contribution in [0.2, 0.25) is 0 Å². The minimum Gasteiger partial charge on any atom is -0.490 e. The van der Waals surface area contributed by atoms with Crippen LogP contribution >= 0.6 is 15.9 Å². The third-order valence-electron chi connectivity index (χ3n) is 3.57. The molecule has 0 radical (unpaired) electrons. The Bertz CT molecular complexity index is 802. The fraction of sp³-hybridized carbons (Fsp3) is 0.333. The lowest BCUT2D eigenvalue weighted by molar-refractivity contribution is -0.116. The Kier molecular flexibility index (Phi) is 7.42. The number of anilines is 2. The van der Waals surface area contributed by atoms with Crippen molar-refractivity contribution in [2.24, 2.45) is 5.92 Å². The van der Waals surface area contributed by atoms with Crippen molar-refractivity contribution in [3.05, 3.63) is 52.5 Å². The lowest BCUT2D eigenvalue weighted by atomic mass is 10.1. The zero-order chi connectivity index (χ0) is 20.0. The Balaban J connectivity index is 2.08. The van der Waals surface area contributed by atoms with E-state index in [2.05, 4.69) is 26.6 Å². The fourth-order valence-corrected chi connectivity index (χ4v) is 2.82. The van der Waals surface area contributed by atoms with Gasteiger partial charge in [-0.1, -0.05) is 29.8 Å². The minimum absolute atomic E-state index is 0.0219. The maximum Gasteiger partial charge on any atom is 0.259 e. The van der Waals surface area contributed by atoms with Gasteiger partial charge in [-0.05, 0) is 62.2 Å². The van der Waals surface area contributed by atoms with E-state index in [1.165, 1.54) is 0 Å². The first-order chi connectivity index (χ1) is 12.7. The van der Waals surface area contributed by atoms with Crippen LogP contribution in [0.3, 0.4) is 0 Å². The number of hydrogen-bond donors (Lipinski definition) is 2. The van der Waals surface area contributed by atoms with E-state index in [1.807, 2.05) is 33.8 Å². The van der Waals surface area contributed by atoms with Crippen LogP contribution in [0.5, 0.6) is 5.75 Å². The summed E-state index contributed by atoms with van der Waals surface area (Å²) in [6, 6.07) is 12.4. The summed E-state index contributed by atoms with van der Waals surface area (Å²) in [5, 5.41) is 5.71. The molecule has 2 rings (SSSR count). The van der Waals surface area contributed by atoms with Crippen LogP contribution in [0.15, 0.2) is 46.9 Å². The summed E-state index contributed by atoms with van der Waals surface area (Å²) in [4.78, 5) is 24.5. The molecule has 0 bridgehead atoms. The number of ether oxygens (including phenoxy) is 1. The van der Waals surface area contributed by atoms with Crippen LogP contribution in [0, 0.1) is 5.92 Å². The van der Waals surface area contributed by atoms with Gasteiger partial charge in [0.05, 0.1) is 11.7 Å². The van der Waals surface area contributed by atoms with Crippen molar-refractivity contribution in [1.82, 2.24) is 0 Å². The molecule has 0 spiro atoms. The van der Waals surface area contributed by atoms with E-state index in [0.29, 0.717) is 35.0 Å². The minimum atomic E-state index is -0.261. The number of benzene rings is 2. The molecule has 0 aliphatic heterocycles. The van der Waals surface area contributed by atoms with Gasteiger partial charge in [-0.3, -0.25) is 9.59 Å². The highest BCUT2D eigenvalue weighted by atomic mass is 79.9. The standard InChI is InChI=1S/C21H25BrN2O3/c1-13(2)11-20(25)23-16-6-8-17(9-7-16)24-21(26)18-12-15(22)5-10-19(18)27-14(3)4/h5-10,12-14H,11H2,1-4H3,(H,23,25)(H,24,26). The summed E-state index contributed by atoms with van der Waals surface area (Å²) >= 11 is 3.39. The van der Waals surface area contributed by atoms with Crippen LogP contribution in [0.4, 0.5) is 11.4 Å². The predicted octanol–water partition coefficient (Wildman–Crippen LogP) is 5.47. The van der Waals surface area contributed by atoms with Gasteiger partial charge in [0, 0.05) is 22.3 Å². The van der Waals surface area contributed by atoms with Crippen molar-refractivity contribution in [3.8, 4) is 5.75 Å². The van der Waals surface area contributed by atoms with Crippen LogP contribution in [0.1, 0.15) is 44.5 Å². The molecular weight excluding hydrogens is 408 g/mol. The quantitative estimate of drug-likeness (QED) is 0.608. The zero-order valence-electron chi connectivity index (χ0n) is 16.0. The molecule has 27 heavy (non-hydrogen) atoms. The Labute approximate surface area is 168 Å². The molecule has 0 atom stereocenters. The molecule has 5 nitrogen and oxygen atoms in total. The highest BCUT2D eigenvalue weighted by Gasteiger charge is 2.15. The Hall–Kier alpha value is -2.34. The van der Waals surface area contributed by atoms with Crippen molar-refractivity contribution in [2.75, 3.05) is 10.6 Å². The maximum atomic E-state index is 12.7. The third kappa shape index (κ3) is 6.71. The second-order valence-electron chi connectivity index (χ2n) is 6.98. The molecule has 0 saturated carbocycles. The first-order valence-corrected chi connectivity index (χ1v) is 9.71. The first kappa shape index (κ1) is 21.0. The number of nitrogens with one attached hydrogen (secondary N) is 2. The molecular formula is C21H25BrN2O3. The molecule has 2 amide bonds. The topological polar surface area (TPSA) is 67.4 Å². The molecule has 0 fully saturated rings. The van der Waals surface area contributed by atoms with Gasteiger partial charge < -0.3 is 15.4 Å². The molecule has 2 aromatic carbocycles. The van der Waals surface area contributed by atoms with E-state index in [9.17, 15) is 9.59 Å². The second-order valence-corrected chi connectivity index (χ2v) is 7.90. The van der Waals surface area contributed by atoms with Gasteiger partial charge in [0.15, 0.2) is 0 Å². The second kappa shape index (κ2) is 9.55. The average Bonchev–Trinajstić information content (AvgIpc) is 2.57. The molecule has 0 aliphatic carbocycles. The summed E-state index contributed by atoms with van der Waals surface area (Å²) in [6.45, 7) is 7.82. The van der Waals surface area contributed by atoms with Crippen LogP contribution in [0.25, 0.3) is 0 Å². The van der Waals surface area contributed by atoms with Gasteiger partial charge >= 0.3 is 0 Å². The molecule has 0 heterocycles. The molecule has 2 aromatic rings. The van der Waals surface area contributed by atoms with E-state index in [4.69, 9.17) is 4.74 Å². The third-order valence-corrected chi connectivity index (χ3v) is 4.06. The molecule has 0 aromatic heterocycles. The predicted molar refractivity (Wildman–Crippen MR) is 112 cm³/mol. The summed E-state index contributed by atoms with van der Waals surface area (Å²) in [5.74, 6) is 0.550. The summed E-state index contributed by atoms with van der Waals surface area (Å²) in [6.07, 6.45) is 0.437.